The van der Waals surface area contributed by atoms with E-state index in [0.29, 0.717) is 17.6 Å². The van der Waals surface area contributed by atoms with Crippen molar-refractivity contribution in [1.82, 2.24) is 0 Å². The van der Waals surface area contributed by atoms with Crippen molar-refractivity contribution in [3.63, 3.8) is 0 Å². The van der Waals surface area contributed by atoms with E-state index < -0.39 is 6.10 Å². The van der Waals surface area contributed by atoms with Crippen LogP contribution >= 0.6 is 0 Å². The molecule has 17 heavy (non-hydrogen) atoms. The van der Waals surface area contributed by atoms with Crippen LogP contribution < -0.4 is 0 Å². The molecule has 1 aromatic rings. The van der Waals surface area contributed by atoms with E-state index in [2.05, 4.69) is 0 Å². The van der Waals surface area contributed by atoms with Crippen molar-refractivity contribution >= 4 is 5.78 Å². The minimum atomic E-state index is -0.569. The van der Waals surface area contributed by atoms with Crippen molar-refractivity contribution in [2.75, 3.05) is 0 Å². The van der Waals surface area contributed by atoms with E-state index in [0.717, 1.165) is 11.1 Å². The Bertz CT molecular complexity index is 505. The van der Waals surface area contributed by atoms with Crippen LogP contribution in [0.2, 0.25) is 0 Å². The van der Waals surface area contributed by atoms with Crippen molar-refractivity contribution in [2.45, 2.75) is 26.4 Å². The van der Waals surface area contributed by atoms with Gasteiger partial charge in [0.15, 0.2) is 5.78 Å². The van der Waals surface area contributed by atoms with E-state index in [1.54, 1.807) is 6.07 Å². The predicted molar refractivity (Wildman–Crippen MR) is 67.9 cm³/mol. The zero-order chi connectivity index (χ0) is 12.4. The van der Waals surface area contributed by atoms with Gasteiger partial charge in [0.05, 0.1) is 6.10 Å². The standard InChI is InChI=1S/C15H16O2/c1-10(2)7-8-11-9-14(16)12-5-3-4-6-13(12)15(11)17/h3-8,14,16H,9H2,1-2H3/b11-8-/t14-/m1/s1. The third-order valence-corrected chi connectivity index (χ3v) is 2.89. The summed E-state index contributed by atoms with van der Waals surface area (Å²) < 4.78 is 0. The largest absolute Gasteiger partial charge is 0.388 e. The molecular weight excluding hydrogens is 212 g/mol. The molecule has 0 radical (unpaired) electrons. The van der Waals surface area contributed by atoms with E-state index in [1.807, 2.05) is 44.2 Å². The summed E-state index contributed by atoms with van der Waals surface area (Å²) in [6.45, 7) is 3.96. The second kappa shape index (κ2) is 4.68. The number of ketones is 1. The highest BCUT2D eigenvalue weighted by molar-refractivity contribution is 6.11. The molecule has 2 heteroatoms. The Morgan fingerprint density at radius 3 is 2.76 bits per heavy atom. The molecular formula is C15H16O2. The van der Waals surface area contributed by atoms with Crippen LogP contribution in [0.15, 0.2) is 47.6 Å². The molecule has 1 aliphatic carbocycles. The van der Waals surface area contributed by atoms with Crippen molar-refractivity contribution in [3.05, 3.63) is 58.7 Å². The topological polar surface area (TPSA) is 37.3 Å². The number of benzene rings is 1. The molecule has 0 unspecified atom stereocenters. The number of allylic oxidation sites excluding steroid dienone is 3. The Kier molecular flexibility index (Phi) is 3.25. The van der Waals surface area contributed by atoms with E-state index in [-0.39, 0.29) is 5.78 Å². The number of carbonyl (C=O) groups excluding carboxylic acids is 1. The molecule has 0 spiro atoms. The molecule has 88 valence electrons. The minimum Gasteiger partial charge on any atom is -0.388 e. The molecule has 0 fully saturated rings. The molecule has 0 heterocycles. The molecule has 2 nitrogen and oxygen atoms in total. The lowest BCUT2D eigenvalue weighted by Crippen LogP contribution is -2.18. The SMILES string of the molecule is CC(C)=C/C=C1/C[C@@H](O)c2ccccc2C1=O. The smallest absolute Gasteiger partial charge is 0.189 e. The average Bonchev–Trinajstić information content (AvgIpc) is 2.32. The second-order valence-corrected chi connectivity index (χ2v) is 4.57. The first kappa shape index (κ1) is 11.8. The molecule has 1 aliphatic rings. The number of rotatable bonds is 1. The Morgan fingerprint density at radius 2 is 2.06 bits per heavy atom. The van der Waals surface area contributed by atoms with Gasteiger partial charge in [-0.05, 0) is 19.4 Å². The van der Waals surface area contributed by atoms with Gasteiger partial charge in [-0.1, -0.05) is 42.0 Å². The maximum atomic E-state index is 12.2. The second-order valence-electron chi connectivity index (χ2n) is 4.57. The van der Waals surface area contributed by atoms with E-state index in [9.17, 15) is 9.90 Å². The molecule has 1 atom stereocenters. The number of hydrogen-bond acceptors (Lipinski definition) is 2. The van der Waals surface area contributed by atoms with Crippen LogP contribution in [-0.4, -0.2) is 10.9 Å². The van der Waals surface area contributed by atoms with Gasteiger partial charge in [0, 0.05) is 17.6 Å². The first-order valence-electron chi connectivity index (χ1n) is 5.75. The molecule has 0 saturated carbocycles. The fourth-order valence-electron chi connectivity index (χ4n) is 1.99. The summed E-state index contributed by atoms with van der Waals surface area (Å²) in [6.07, 6.45) is 3.56. The number of aliphatic hydroxyl groups excluding tert-OH is 1. The molecule has 0 saturated heterocycles. The van der Waals surface area contributed by atoms with Crippen LogP contribution in [0.3, 0.4) is 0 Å². The fourth-order valence-corrected chi connectivity index (χ4v) is 1.99. The van der Waals surface area contributed by atoms with Crippen molar-refractivity contribution in [1.29, 1.82) is 0 Å². The summed E-state index contributed by atoms with van der Waals surface area (Å²) in [5.41, 5.74) is 3.18. The first-order valence-corrected chi connectivity index (χ1v) is 5.75. The monoisotopic (exact) mass is 228 g/mol. The number of Topliss-reactive ketones (excluding diaryl/α,β-unsaturated/α-hetero) is 1. The Morgan fingerprint density at radius 1 is 1.35 bits per heavy atom. The lowest BCUT2D eigenvalue weighted by Gasteiger charge is -2.22. The third-order valence-electron chi connectivity index (χ3n) is 2.89. The zero-order valence-corrected chi connectivity index (χ0v) is 10.1. The minimum absolute atomic E-state index is 0.0309. The van der Waals surface area contributed by atoms with Crippen LogP contribution in [0, 0.1) is 0 Å². The van der Waals surface area contributed by atoms with E-state index >= 15 is 0 Å². The lowest BCUT2D eigenvalue weighted by molar-refractivity contribution is 0.0977. The number of aliphatic hydroxyl groups is 1. The third kappa shape index (κ3) is 2.37. The predicted octanol–water partition coefficient (Wildman–Crippen LogP) is 3.20. The first-order chi connectivity index (χ1) is 8.09. The van der Waals surface area contributed by atoms with Gasteiger partial charge >= 0.3 is 0 Å². The van der Waals surface area contributed by atoms with E-state index in [1.165, 1.54) is 0 Å². The average molecular weight is 228 g/mol. The van der Waals surface area contributed by atoms with Crippen LogP contribution in [0.25, 0.3) is 0 Å². The van der Waals surface area contributed by atoms with Crippen LogP contribution in [0.4, 0.5) is 0 Å². The molecule has 0 bridgehead atoms. The maximum absolute atomic E-state index is 12.2. The van der Waals surface area contributed by atoms with Gasteiger partial charge < -0.3 is 5.11 Å². The Hall–Kier alpha value is -1.67. The highest BCUT2D eigenvalue weighted by Crippen LogP contribution is 2.32. The molecule has 0 amide bonds. The fraction of sp³-hybridized carbons (Fsp3) is 0.267. The maximum Gasteiger partial charge on any atom is 0.189 e. The molecule has 0 aromatic heterocycles. The summed E-state index contributed by atoms with van der Waals surface area (Å²) in [6, 6.07) is 7.26. The van der Waals surface area contributed by atoms with Crippen molar-refractivity contribution in [3.8, 4) is 0 Å². The van der Waals surface area contributed by atoms with Gasteiger partial charge in [-0.15, -0.1) is 0 Å². The van der Waals surface area contributed by atoms with Gasteiger partial charge in [-0.3, -0.25) is 4.79 Å². The Labute approximate surface area is 101 Å². The van der Waals surface area contributed by atoms with Gasteiger partial charge in [0.25, 0.3) is 0 Å². The van der Waals surface area contributed by atoms with Gasteiger partial charge in [0.1, 0.15) is 0 Å². The van der Waals surface area contributed by atoms with Gasteiger partial charge in [0.2, 0.25) is 0 Å². The summed E-state index contributed by atoms with van der Waals surface area (Å²) in [5, 5.41) is 10.0. The molecule has 0 aliphatic heterocycles. The van der Waals surface area contributed by atoms with Crippen molar-refractivity contribution in [2.24, 2.45) is 0 Å². The van der Waals surface area contributed by atoms with Crippen LogP contribution in [-0.2, 0) is 0 Å². The summed E-state index contributed by atoms with van der Waals surface area (Å²) in [7, 11) is 0. The van der Waals surface area contributed by atoms with Crippen LogP contribution in [0.1, 0.15) is 42.3 Å². The summed E-state index contributed by atoms with van der Waals surface area (Å²) in [5.74, 6) is 0.0309. The highest BCUT2D eigenvalue weighted by Gasteiger charge is 2.27. The summed E-state index contributed by atoms with van der Waals surface area (Å²) >= 11 is 0. The molecule has 1 aromatic carbocycles. The summed E-state index contributed by atoms with van der Waals surface area (Å²) in [4.78, 5) is 12.2. The Balaban J connectivity index is 2.43. The normalized spacial score (nSPS) is 21.2. The zero-order valence-electron chi connectivity index (χ0n) is 10.1. The lowest BCUT2D eigenvalue weighted by atomic mass is 9.84. The molecule has 2 rings (SSSR count). The number of fused-ring (bicyclic) bond motifs is 1. The van der Waals surface area contributed by atoms with Crippen LogP contribution in [0.5, 0.6) is 0 Å². The van der Waals surface area contributed by atoms with Gasteiger partial charge in [-0.2, -0.15) is 0 Å². The highest BCUT2D eigenvalue weighted by atomic mass is 16.3. The van der Waals surface area contributed by atoms with E-state index in [4.69, 9.17) is 0 Å². The number of hydrogen-bond donors (Lipinski definition) is 1. The van der Waals surface area contributed by atoms with Gasteiger partial charge in [-0.25, -0.2) is 0 Å². The molecule has 1 N–H and O–H groups in total. The quantitative estimate of drug-likeness (QED) is 0.749. The van der Waals surface area contributed by atoms with Crippen molar-refractivity contribution < 1.29 is 9.90 Å². The number of carbonyl (C=O) groups is 1.